The highest BCUT2D eigenvalue weighted by Gasteiger charge is 2.38. The Morgan fingerprint density at radius 3 is 2.63 bits per heavy atom. The number of imidazole rings is 1. The zero-order valence-electron chi connectivity index (χ0n) is 21.0. The third-order valence-corrected chi connectivity index (χ3v) is 6.56. The summed E-state index contributed by atoms with van der Waals surface area (Å²) in [5.41, 5.74) is 1.08. The summed E-state index contributed by atoms with van der Waals surface area (Å²) < 4.78 is 21.0. The number of nitrogens with zero attached hydrogens (tertiary/aromatic N) is 4. The van der Waals surface area contributed by atoms with Gasteiger partial charge in [-0.2, -0.15) is 0 Å². The number of aliphatic hydroxyl groups excluding tert-OH is 1. The van der Waals surface area contributed by atoms with Crippen LogP contribution in [0.15, 0.2) is 18.2 Å². The van der Waals surface area contributed by atoms with Gasteiger partial charge in [-0.25, -0.2) is 14.2 Å². The molecule has 2 N–H and O–H groups in total. The van der Waals surface area contributed by atoms with Crippen molar-refractivity contribution in [3.8, 4) is 0 Å². The largest absolute Gasteiger partial charge is 0.465 e. The van der Waals surface area contributed by atoms with E-state index in [1.54, 1.807) is 29.6 Å². The Balaban J connectivity index is 2.00. The Morgan fingerprint density at radius 2 is 2.00 bits per heavy atom. The fourth-order valence-electron chi connectivity index (χ4n) is 4.76. The number of carbonyl (C=O) groups is 2. The van der Waals surface area contributed by atoms with Gasteiger partial charge in [0.2, 0.25) is 0 Å². The van der Waals surface area contributed by atoms with Gasteiger partial charge >= 0.3 is 6.09 Å². The molecule has 194 valence electrons. The van der Waals surface area contributed by atoms with E-state index in [2.05, 4.69) is 4.98 Å². The molecule has 2 aromatic rings. The van der Waals surface area contributed by atoms with E-state index < -0.39 is 24.1 Å². The van der Waals surface area contributed by atoms with Crippen molar-refractivity contribution in [1.29, 1.82) is 0 Å². The van der Waals surface area contributed by atoms with E-state index in [0.29, 0.717) is 37.2 Å². The molecule has 1 aliphatic heterocycles. The van der Waals surface area contributed by atoms with Crippen molar-refractivity contribution in [3.63, 3.8) is 0 Å². The Kier molecular flexibility index (Phi) is 9.07. The van der Waals surface area contributed by atoms with Gasteiger partial charge in [-0.15, -0.1) is 0 Å². The van der Waals surface area contributed by atoms with Crippen LogP contribution < -0.4 is 0 Å². The first-order chi connectivity index (χ1) is 16.6. The molecular formula is C25H37FN4O5. The molecule has 1 aliphatic rings. The Labute approximate surface area is 205 Å². The molecule has 0 bridgehead atoms. The molecule has 0 spiro atoms. The molecule has 2 heterocycles. The lowest BCUT2D eigenvalue weighted by atomic mass is 9.89. The first-order valence-electron chi connectivity index (χ1n) is 12.2. The van der Waals surface area contributed by atoms with Crippen molar-refractivity contribution < 1.29 is 28.9 Å². The van der Waals surface area contributed by atoms with Crippen molar-refractivity contribution in [2.75, 3.05) is 33.4 Å². The summed E-state index contributed by atoms with van der Waals surface area (Å²) in [5.74, 6) is -0.665. The number of hydrogen-bond acceptors (Lipinski definition) is 5. The lowest BCUT2D eigenvalue weighted by Crippen LogP contribution is -2.56. The number of benzene rings is 1. The van der Waals surface area contributed by atoms with Gasteiger partial charge in [0, 0.05) is 45.8 Å². The third-order valence-electron chi connectivity index (χ3n) is 6.56. The zero-order chi connectivity index (χ0) is 25.7. The second-order valence-electron chi connectivity index (χ2n) is 9.85. The van der Waals surface area contributed by atoms with Gasteiger partial charge in [0.05, 0.1) is 23.2 Å². The van der Waals surface area contributed by atoms with Crippen LogP contribution in [0.4, 0.5) is 9.18 Å². The molecule has 1 saturated heterocycles. The number of fused-ring (bicyclic) bond motifs is 1. The maximum absolute atomic E-state index is 14.1. The number of ether oxygens (including phenoxy) is 1. The van der Waals surface area contributed by atoms with Crippen molar-refractivity contribution in [2.24, 2.45) is 11.8 Å². The number of carboxylic acid groups (broad SMARTS) is 1. The molecule has 10 heteroatoms. The van der Waals surface area contributed by atoms with E-state index in [0.717, 1.165) is 12.8 Å². The van der Waals surface area contributed by atoms with Crippen LogP contribution in [0.3, 0.4) is 0 Å². The quantitative estimate of drug-likeness (QED) is 0.492. The summed E-state index contributed by atoms with van der Waals surface area (Å²) in [5, 5.41) is 19.9. The minimum absolute atomic E-state index is 0.126. The number of carbonyl (C=O) groups excluding carboxylic acids is 1. The van der Waals surface area contributed by atoms with E-state index >= 15 is 0 Å². The van der Waals surface area contributed by atoms with Crippen molar-refractivity contribution >= 4 is 23.0 Å². The summed E-state index contributed by atoms with van der Waals surface area (Å²) in [6.45, 7) is 7.49. The second kappa shape index (κ2) is 11.8. The number of methoxy groups -OCH3 is 1. The van der Waals surface area contributed by atoms with E-state index in [1.807, 2.05) is 13.8 Å². The summed E-state index contributed by atoms with van der Waals surface area (Å²) in [6.07, 6.45) is 0.215. The summed E-state index contributed by atoms with van der Waals surface area (Å²) in [6, 6.07) is 3.87. The van der Waals surface area contributed by atoms with Gasteiger partial charge in [-0.05, 0) is 50.3 Å². The van der Waals surface area contributed by atoms with Crippen LogP contribution in [0.5, 0.6) is 0 Å². The van der Waals surface area contributed by atoms with Gasteiger partial charge in [-0.3, -0.25) is 4.79 Å². The zero-order valence-corrected chi connectivity index (χ0v) is 21.0. The van der Waals surface area contributed by atoms with E-state index in [4.69, 9.17) is 4.74 Å². The fraction of sp³-hybridized carbons (Fsp3) is 0.640. The highest BCUT2D eigenvalue weighted by molar-refractivity contribution is 5.95. The van der Waals surface area contributed by atoms with Gasteiger partial charge in [0.25, 0.3) is 5.91 Å². The van der Waals surface area contributed by atoms with Crippen LogP contribution in [-0.2, 0) is 11.3 Å². The molecule has 1 fully saturated rings. The predicted octanol–water partition coefficient (Wildman–Crippen LogP) is 3.45. The molecule has 1 aromatic carbocycles. The molecule has 35 heavy (non-hydrogen) atoms. The van der Waals surface area contributed by atoms with Gasteiger partial charge in [0.1, 0.15) is 5.82 Å². The van der Waals surface area contributed by atoms with Crippen molar-refractivity contribution in [3.05, 3.63) is 29.8 Å². The maximum atomic E-state index is 14.1. The number of amides is 2. The third kappa shape index (κ3) is 6.49. The van der Waals surface area contributed by atoms with Crippen LogP contribution in [0.2, 0.25) is 0 Å². The highest BCUT2D eigenvalue weighted by atomic mass is 19.1. The van der Waals surface area contributed by atoms with Gasteiger partial charge in [-0.1, -0.05) is 13.8 Å². The minimum Gasteiger partial charge on any atom is -0.465 e. The number of piperidine rings is 1. The number of unbranched alkanes of at least 4 members (excludes halogenated alkanes) is 1. The molecular weight excluding hydrogens is 455 g/mol. The number of likely N-dealkylation sites (tertiary alicyclic amines) is 1. The molecule has 1 unspecified atom stereocenters. The molecule has 2 amide bonds. The molecule has 1 aromatic heterocycles. The Hall–Kier alpha value is -2.72. The smallest absolute Gasteiger partial charge is 0.407 e. The number of halogens is 1. The lowest BCUT2D eigenvalue weighted by Gasteiger charge is -2.43. The molecule has 0 saturated carbocycles. The summed E-state index contributed by atoms with van der Waals surface area (Å²) in [4.78, 5) is 33.3. The number of rotatable bonds is 10. The van der Waals surface area contributed by atoms with Gasteiger partial charge in [0.15, 0.2) is 5.82 Å². The van der Waals surface area contributed by atoms with E-state index in [1.165, 1.54) is 17.0 Å². The monoisotopic (exact) mass is 492 g/mol. The van der Waals surface area contributed by atoms with Crippen molar-refractivity contribution in [1.82, 2.24) is 19.4 Å². The van der Waals surface area contributed by atoms with Crippen LogP contribution in [0, 0.1) is 17.7 Å². The minimum atomic E-state index is -1.07. The standard InChI is InChI=1S/C25H37FN4O5/c1-16(2)13-30(20-11-18(17(3)31)14-28(15-20)25(33)34)24(32)23-27-21-8-7-19(26)12-22(21)29(23)9-5-6-10-35-4/h7-8,12,16-18,20,31H,5-6,9-11,13-15H2,1-4H3,(H,33,34)/t17?,18-,20+/m1/s1. The van der Waals surface area contributed by atoms with E-state index in [9.17, 15) is 24.2 Å². The maximum Gasteiger partial charge on any atom is 0.407 e. The van der Waals surface area contributed by atoms with Gasteiger partial charge < -0.3 is 29.3 Å². The Morgan fingerprint density at radius 1 is 1.26 bits per heavy atom. The average molecular weight is 493 g/mol. The molecule has 0 aliphatic carbocycles. The number of hydrogen-bond donors (Lipinski definition) is 2. The highest BCUT2D eigenvalue weighted by Crippen LogP contribution is 2.27. The first-order valence-corrected chi connectivity index (χ1v) is 12.2. The number of aliphatic hydroxyl groups is 1. The number of aromatic nitrogens is 2. The second-order valence-corrected chi connectivity index (χ2v) is 9.85. The van der Waals surface area contributed by atoms with Crippen LogP contribution in [0.25, 0.3) is 11.0 Å². The van der Waals surface area contributed by atoms with Crippen LogP contribution in [-0.4, -0.2) is 87.1 Å². The average Bonchev–Trinajstić information content (AvgIpc) is 3.17. The molecule has 9 nitrogen and oxygen atoms in total. The topological polar surface area (TPSA) is 108 Å². The number of aryl methyl sites for hydroxylation is 1. The van der Waals surface area contributed by atoms with Crippen molar-refractivity contribution in [2.45, 2.75) is 58.7 Å². The Bertz CT molecular complexity index is 1020. The lowest BCUT2D eigenvalue weighted by molar-refractivity contribution is 0.0131. The van der Waals surface area contributed by atoms with E-state index in [-0.39, 0.29) is 36.7 Å². The molecule has 3 atom stereocenters. The fourth-order valence-corrected chi connectivity index (χ4v) is 4.76. The normalized spacial score (nSPS) is 19.3. The first kappa shape index (κ1) is 26.9. The predicted molar refractivity (Wildman–Crippen MR) is 130 cm³/mol. The SMILES string of the molecule is COCCCCn1c(C(=O)N(CC(C)C)[C@H]2C[C@@H](C(C)O)CN(C(=O)O)C2)nc2ccc(F)cc21. The summed E-state index contributed by atoms with van der Waals surface area (Å²) >= 11 is 0. The molecule has 3 rings (SSSR count). The van der Waals surface area contributed by atoms with Crippen LogP contribution in [0.1, 0.15) is 50.7 Å². The molecule has 0 radical (unpaired) electrons. The summed E-state index contributed by atoms with van der Waals surface area (Å²) in [7, 11) is 1.63. The van der Waals surface area contributed by atoms with Crippen LogP contribution >= 0.6 is 0 Å².